The highest BCUT2D eigenvalue weighted by molar-refractivity contribution is 5.51. The minimum atomic E-state index is 0.727. The molecule has 2 heterocycles. The number of hydrogen-bond acceptors (Lipinski definition) is 3. The molecule has 4 nitrogen and oxygen atoms in total. The third-order valence-corrected chi connectivity index (χ3v) is 1.24. The first-order valence-electron chi connectivity index (χ1n) is 2.88. The summed E-state index contributed by atoms with van der Waals surface area (Å²) in [6.45, 7) is 0. The average Bonchev–Trinajstić information content (AvgIpc) is 2.59. The SMILES string of the molecule is c1c[nH]c(-c2cnon2)c1. The van der Waals surface area contributed by atoms with Crippen molar-refractivity contribution in [3.8, 4) is 11.4 Å². The number of nitrogens with zero attached hydrogens (tertiary/aromatic N) is 2. The summed E-state index contributed by atoms with van der Waals surface area (Å²) >= 11 is 0. The molecule has 0 saturated carbocycles. The third kappa shape index (κ3) is 0.699. The Balaban J connectivity index is 2.48. The summed E-state index contributed by atoms with van der Waals surface area (Å²) < 4.78 is 4.42. The van der Waals surface area contributed by atoms with Gasteiger partial charge in [0.2, 0.25) is 0 Å². The molecule has 4 heteroatoms. The summed E-state index contributed by atoms with van der Waals surface area (Å²) in [7, 11) is 0. The van der Waals surface area contributed by atoms with E-state index in [4.69, 9.17) is 0 Å². The van der Waals surface area contributed by atoms with Gasteiger partial charge in [-0.2, -0.15) is 0 Å². The first-order valence-corrected chi connectivity index (χ1v) is 2.88. The Morgan fingerprint density at radius 1 is 1.50 bits per heavy atom. The van der Waals surface area contributed by atoms with Gasteiger partial charge in [-0.3, -0.25) is 0 Å². The third-order valence-electron chi connectivity index (χ3n) is 1.24. The van der Waals surface area contributed by atoms with Gasteiger partial charge in [0.05, 0.1) is 5.69 Å². The van der Waals surface area contributed by atoms with Crippen molar-refractivity contribution in [2.24, 2.45) is 0 Å². The first-order chi connectivity index (χ1) is 4.97. The lowest BCUT2D eigenvalue weighted by molar-refractivity contribution is 0.308. The van der Waals surface area contributed by atoms with Crippen LogP contribution in [-0.4, -0.2) is 15.3 Å². The van der Waals surface area contributed by atoms with Crippen molar-refractivity contribution in [1.82, 2.24) is 15.3 Å². The normalized spacial score (nSPS) is 10.0. The first kappa shape index (κ1) is 5.22. The lowest BCUT2D eigenvalue weighted by atomic mass is 10.3. The largest absolute Gasteiger partial charge is 0.360 e. The number of nitrogens with one attached hydrogen (secondary N) is 1. The fraction of sp³-hybridized carbons (Fsp3) is 0. The molecule has 0 radical (unpaired) electrons. The second-order valence-corrected chi connectivity index (χ2v) is 1.88. The van der Waals surface area contributed by atoms with Crippen molar-refractivity contribution in [3.63, 3.8) is 0 Å². The summed E-state index contributed by atoms with van der Waals surface area (Å²) in [6, 6.07) is 3.80. The molecule has 0 saturated heterocycles. The van der Waals surface area contributed by atoms with Crippen LogP contribution in [0.4, 0.5) is 0 Å². The Morgan fingerprint density at radius 3 is 3.10 bits per heavy atom. The van der Waals surface area contributed by atoms with Crippen LogP contribution in [0.3, 0.4) is 0 Å². The quantitative estimate of drug-likeness (QED) is 0.636. The minimum absolute atomic E-state index is 0.727. The zero-order chi connectivity index (χ0) is 6.81. The smallest absolute Gasteiger partial charge is 0.151 e. The number of H-pyrrole nitrogens is 1. The number of rotatable bonds is 1. The molecule has 0 aliphatic rings. The standard InChI is InChI=1S/C6H5N3O/c1-2-5(7-3-1)6-4-8-10-9-6/h1-4,7H. The van der Waals surface area contributed by atoms with Crippen LogP contribution in [0.1, 0.15) is 0 Å². The summed E-state index contributed by atoms with van der Waals surface area (Å²) in [6.07, 6.45) is 3.38. The van der Waals surface area contributed by atoms with E-state index in [9.17, 15) is 0 Å². The van der Waals surface area contributed by atoms with Crippen molar-refractivity contribution in [2.45, 2.75) is 0 Å². The summed E-state index contributed by atoms with van der Waals surface area (Å²) in [5.74, 6) is 0. The second kappa shape index (κ2) is 1.98. The average molecular weight is 135 g/mol. The molecule has 2 aromatic rings. The molecular weight excluding hydrogens is 130 g/mol. The summed E-state index contributed by atoms with van der Waals surface area (Å²) in [4.78, 5) is 2.98. The Morgan fingerprint density at radius 2 is 2.50 bits per heavy atom. The molecule has 2 rings (SSSR count). The lowest BCUT2D eigenvalue weighted by Crippen LogP contribution is -1.73. The van der Waals surface area contributed by atoms with E-state index in [1.807, 2.05) is 18.3 Å². The van der Waals surface area contributed by atoms with Crippen LogP contribution in [0.15, 0.2) is 29.2 Å². The zero-order valence-electron chi connectivity index (χ0n) is 5.11. The monoisotopic (exact) mass is 135 g/mol. The van der Waals surface area contributed by atoms with Crippen LogP contribution in [0.5, 0.6) is 0 Å². The summed E-state index contributed by atoms with van der Waals surface area (Å²) in [5, 5.41) is 7.11. The fourth-order valence-corrected chi connectivity index (χ4v) is 0.773. The van der Waals surface area contributed by atoms with Crippen LogP contribution in [0, 0.1) is 0 Å². The summed E-state index contributed by atoms with van der Waals surface area (Å²) in [5.41, 5.74) is 1.64. The van der Waals surface area contributed by atoms with Crippen LogP contribution >= 0.6 is 0 Å². The van der Waals surface area contributed by atoms with Gasteiger partial charge in [0.15, 0.2) is 5.69 Å². The van der Waals surface area contributed by atoms with Crippen LogP contribution < -0.4 is 0 Å². The topological polar surface area (TPSA) is 54.7 Å². The molecule has 0 spiro atoms. The molecule has 10 heavy (non-hydrogen) atoms. The van der Waals surface area contributed by atoms with Crippen molar-refractivity contribution < 1.29 is 4.63 Å². The van der Waals surface area contributed by atoms with E-state index in [0.717, 1.165) is 11.4 Å². The fourth-order valence-electron chi connectivity index (χ4n) is 0.773. The van der Waals surface area contributed by atoms with Gasteiger partial charge in [-0.25, -0.2) is 4.63 Å². The van der Waals surface area contributed by atoms with Gasteiger partial charge in [0, 0.05) is 6.20 Å². The minimum Gasteiger partial charge on any atom is -0.360 e. The Bertz CT molecular complexity index is 252. The molecule has 0 aliphatic heterocycles. The van der Waals surface area contributed by atoms with Gasteiger partial charge in [0.1, 0.15) is 6.20 Å². The van der Waals surface area contributed by atoms with Crippen LogP contribution in [-0.2, 0) is 0 Å². The van der Waals surface area contributed by atoms with Crippen LogP contribution in [0.2, 0.25) is 0 Å². The van der Waals surface area contributed by atoms with Gasteiger partial charge < -0.3 is 4.98 Å². The zero-order valence-corrected chi connectivity index (χ0v) is 5.11. The Kier molecular flexibility index (Phi) is 1.04. The van der Waals surface area contributed by atoms with Gasteiger partial charge in [-0.05, 0) is 17.3 Å². The van der Waals surface area contributed by atoms with E-state index in [2.05, 4.69) is 19.9 Å². The predicted octanol–water partition coefficient (Wildman–Crippen LogP) is 1.06. The van der Waals surface area contributed by atoms with Crippen LogP contribution in [0.25, 0.3) is 11.4 Å². The number of aromatic nitrogens is 3. The van der Waals surface area contributed by atoms with E-state index in [1.165, 1.54) is 0 Å². The molecule has 1 N–H and O–H groups in total. The second-order valence-electron chi connectivity index (χ2n) is 1.88. The number of hydrogen-bond donors (Lipinski definition) is 1. The van der Waals surface area contributed by atoms with E-state index < -0.39 is 0 Å². The molecule has 0 fully saturated rings. The van der Waals surface area contributed by atoms with Gasteiger partial charge >= 0.3 is 0 Å². The maximum absolute atomic E-state index is 4.42. The van der Waals surface area contributed by atoms with Gasteiger partial charge in [-0.1, -0.05) is 5.16 Å². The lowest BCUT2D eigenvalue weighted by Gasteiger charge is -1.82. The van der Waals surface area contributed by atoms with Gasteiger partial charge in [-0.15, -0.1) is 0 Å². The molecule has 2 aromatic heterocycles. The highest BCUT2D eigenvalue weighted by Crippen LogP contribution is 2.10. The molecule has 0 amide bonds. The maximum atomic E-state index is 4.42. The molecule has 0 bridgehead atoms. The molecular formula is C6H5N3O. The Hall–Kier alpha value is -1.58. The molecule has 0 aromatic carbocycles. The molecule has 0 atom stereocenters. The van der Waals surface area contributed by atoms with E-state index in [-0.39, 0.29) is 0 Å². The van der Waals surface area contributed by atoms with Crippen molar-refractivity contribution in [2.75, 3.05) is 0 Å². The maximum Gasteiger partial charge on any atom is 0.151 e. The Labute approximate surface area is 56.8 Å². The van der Waals surface area contributed by atoms with Gasteiger partial charge in [0.25, 0.3) is 0 Å². The highest BCUT2D eigenvalue weighted by Gasteiger charge is 1.99. The highest BCUT2D eigenvalue weighted by atomic mass is 16.6. The van der Waals surface area contributed by atoms with E-state index >= 15 is 0 Å². The van der Waals surface area contributed by atoms with E-state index in [1.54, 1.807) is 6.20 Å². The van der Waals surface area contributed by atoms with E-state index in [0.29, 0.717) is 0 Å². The van der Waals surface area contributed by atoms with Crippen molar-refractivity contribution in [1.29, 1.82) is 0 Å². The molecule has 0 unspecified atom stereocenters. The molecule has 0 aliphatic carbocycles. The number of aromatic amines is 1. The molecule has 50 valence electrons. The predicted molar refractivity (Wildman–Crippen MR) is 34.1 cm³/mol. The van der Waals surface area contributed by atoms with Crippen molar-refractivity contribution >= 4 is 0 Å². The van der Waals surface area contributed by atoms with Crippen molar-refractivity contribution in [3.05, 3.63) is 24.5 Å².